The third kappa shape index (κ3) is 1.87. The van der Waals surface area contributed by atoms with Crippen LogP contribution < -0.4 is 5.84 Å². The van der Waals surface area contributed by atoms with E-state index in [0.717, 1.165) is 12.8 Å². The predicted molar refractivity (Wildman–Crippen MR) is 58.3 cm³/mol. The molecule has 78 valence electrons. The highest BCUT2D eigenvalue weighted by Gasteiger charge is 2.32. The van der Waals surface area contributed by atoms with Gasteiger partial charge in [0.2, 0.25) is 10.6 Å². The molecule has 0 saturated heterocycles. The number of rotatable bonds is 1. The number of hydrogen-bond acceptors (Lipinski definition) is 4. The van der Waals surface area contributed by atoms with Gasteiger partial charge in [0.25, 0.3) is 0 Å². The number of nitrogens with two attached hydrogens (primary N) is 1. The first kappa shape index (κ1) is 10.2. The second-order valence-electron chi connectivity index (χ2n) is 3.64. The van der Waals surface area contributed by atoms with E-state index in [1.807, 2.05) is 0 Å². The average molecular weight is 235 g/mol. The minimum absolute atomic E-state index is 0.130. The molecule has 6 heteroatoms. The molecule has 1 aliphatic heterocycles. The van der Waals surface area contributed by atoms with E-state index in [1.54, 1.807) is 0 Å². The Kier molecular flexibility index (Phi) is 2.95. The number of amidine groups is 2. The fourth-order valence-corrected chi connectivity index (χ4v) is 2.43. The molecule has 1 saturated carbocycles. The van der Waals surface area contributed by atoms with Gasteiger partial charge in [0.1, 0.15) is 6.17 Å². The molecule has 1 atom stereocenters. The van der Waals surface area contributed by atoms with Crippen LogP contribution in [-0.4, -0.2) is 21.8 Å². The predicted octanol–water partition coefficient (Wildman–Crippen LogP) is 1.88. The van der Waals surface area contributed by atoms with Crippen molar-refractivity contribution in [1.82, 2.24) is 5.01 Å². The Morgan fingerprint density at radius 2 is 1.93 bits per heavy atom. The number of aliphatic imine (C=N–C) groups is 2. The van der Waals surface area contributed by atoms with Gasteiger partial charge >= 0.3 is 0 Å². The van der Waals surface area contributed by atoms with Gasteiger partial charge in [0.15, 0.2) is 0 Å². The fourth-order valence-electron chi connectivity index (χ4n) is 2.03. The highest BCUT2D eigenvalue weighted by molar-refractivity contribution is 6.71. The van der Waals surface area contributed by atoms with E-state index < -0.39 is 0 Å². The number of halogens is 2. The van der Waals surface area contributed by atoms with E-state index in [-0.39, 0.29) is 16.8 Å². The molecule has 2 rings (SSSR count). The molecule has 0 spiro atoms. The Morgan fingerprint density at radius 3 is 2.57 bits per heavy atom. The van der Waals surface area contributed by atoms with E-state index >= 15 is 0 Å². The van der Waals surface area contributed by atoms with Gasteiger partial charge in [-0.15, -0.1) is 0 Å². The van der Waals surface area contributed by atoms with E-state index in [4.69, 9.17) is 29.0 Å². The minimum atomic E-state index is -0.130. The summed E-state index contributed by atoms with van der Waals surface area (Å²) in [4.78, 5) is 7.99. The third-order valence-corrected chi connectivity index (χ3v) is 3.20. The van der Waals surface area contributed by atoms with Crippen LogP contribution in [-0.2, 0) is 0 Å². The lowest BCUT2D eigenvalue weighted by Gasteiger charge is -2.31. The van der Waals surface area contributed by atoms with Crippen molar-refractivity contribution < 1.29 is 0 Å². The van der Waals surface area contributed by atoms with Crippen LogP contribution in [0.2, 0.25) is 0 Å². The standard InChI is InChI=1S/C8H12Cl2N4/c9-7-12-6(5-3-1-2-4-5)14(11)8(10)13-7/h5-6H,1-4,11H2. The van der Waals surface area contributed by atoms with Gasteiger partial charge in [-0.1, -0.05) is 12.8 Å². The summed E-state index contributed by atoms with van der Waals surface area (Å²) in [5.41, 5.74) is 0. The van der Waals surface area contributed by atoms with Crippen LogP contribution in [0.5, 0.6) is 0 Å². The lowest BCUT2D eigenvalue weighted by Crippen LogP contribution is -2.48. The first-order chi connectivity index (χ1) is 6.68. The zero-order valence-electron chi connectivity index (χ0n) is 7.66. The van der Waals surface area contributed by atoms with Crippen molar-refractivity contribution in [3.8, 4) is 0 Å². The van der Waals surface area contributed by atoms with Crippen molar-refractivity contribution in [2.45, 2.75) is 31.8 Å². The van der Waals surface area contributed by atoms with Crippen molar-refractivity contribution >= 4 is 33.8 Å². The maximum absolute atomic E-state index is 5.82. The fraction of sp³-hybridized carbons (Fsp3) is 0.750. The monoisotopic (exact) mass is 234 g/mol. The Balaban J connectivity index is 2.15. The molecule has 0 aromatic rings. The molecule has 0 amide bonds. The Labute approximate surface area is 92.7 Å². The van der Waals surface area contributed by atoms with Crippen LogP contribution in [0.4, 0.5) is 0 Å². The van der Waals surface area contributed by atoms with E-state index in [0.29, 0.717) is 5.92 Å². The third-order valence-electron chi connectivity index (χ3n) is 2.74. The molecule has 1 unspecified atom stereocenters. The summed E-state index contributed by atoms with van der Waals surface area (Å²) in [7, 11) is 0. The lowest BCUT2D eigenvalue weighted by molar-refractivity contribution is 0.240. The highest BCUT2D eigenvalue weighted by Crippen LogP contribution is 2.31. The van der Waals surface area contributed by atoms with Gasteiger partial charge in [-0.2, -0.15) is 4.99 Å². The molecular weight excluding hydrogens is 223 g/mol. The van der Waals surface area contributed by atoms with Gasteiger partial charge in [-0.05, 0) is 36.0 Å². The van der Waals surface area contributed by atoms with Crippen LogP contribution in [0.15, 0.2) is 9.98 Å². The van der Waals surface area contributed by atoms with Crippen molar-refractivity contribution in [3.63, 3.8) is 0 Å². The summed E-state index contributed by atoms with van der Waals surface area (Å²) in [5, 5.41) is 1.83. The molecule has 0 aromatic heterocycles. The molecule has 1 heterocycles. The van der Waals surface area contributed by atoms with E-state index in [9.17, 15) is 0 Å². The van der Waals surface area contributed by atoms with Crippen molar-refractivity contribution in [2.24, 2.45) is 21.7 Å². The molecule has 0 radical (unpaired) electrons. The summed E-state index contributed by atoms with van der Waals surface area (Å²) in [6.07, 6.45) is 4.61. The molecule has 1 aliphatic carbocycles. The lowest BCUT2D eigenvalue weighted by atomic mass is 10.0. The van der Waals surface area contributed by atoms with E-state index in [2.05, 4.69) is 9.98 Å². The molecule has 4 nitrogen and oxygen atoms in total. The van der Waals surface area contributed by atoms with E-state index in [1.165, 1.54) is 17.9 Å². The van der Waals surface area contributed by atoms with Gasteiger partial charge in [0.05, 0.1) is 0 Å². The first-order valence-electron chi connectivity index (χ1n) is 4.70. The topological polar surface area (TPSA) is 54.0 Å². The van der Waals surface area contributed by atoms with Crippen LogP contribution in [0.3, 0.4) is 0 Å². The normalized spacial score (nSPS) is 29.1. The SMILES string of the molecule is NN1C(Cl)=NC(Cl)=NC1C1CCCC1. The Morgan fingerprint density at radius 1 is 1.29 bits per heavy atom. The Bertz CT molecular complexity index is 283. The molecule has 2 aliphatic rings. The van der Waals surface area contributed by atoms with Gasteiger partial charge in [-0.3, -0.25) is 5.01 Å². The number of hydrogen-bond donors (Lipinski definition) is 1. The summed E-state index contributed by atoms with van der Waals surface area (Å²) in [5.74, 6) is 6.23. The molecule has 14 heavy (non-hydrogen) atoms. The number of nitrogens with zero attached hydrogens (tertiary/aromatic N) is 3. The minimum Gasteiger partial charge on any atom is -0.260 e. The van der Waals surface area contributed by atoms with Crippen LogP contribution in [0.25, 0.3) is 0 Å². The average Bonchev–Trinajstić information content (AvgIpc) is 2.63. The zero-order chi connectivity index (χ0) is 10.1. The molecular formula is C8H12Cl2N4. The molecule has 0 aromatic carbocycles. The largest absolute Gasteiger partial charge is 0.260 e. The first-order valence-corrected chi connectivity index (χ1v) is 5.45. The van der Waals surface area contributed by atoms with Crippen LogP contribution in [0, 0.1) is 5.92 Å². The van der Waals surface area contributed by atoms with Gasteiger partial charge in [0, 0.05) is 5.92 Å². The summed E-state index contributed by atoms with van der Waals surface area (Å²) in [6.45, 7) is 0. The maximum Gasteiger partial charge on any atom is 0.222 e. The molecule has 2 N–H and O–H groups in total. The molecule has 1 fully saturated rings. The van der Waals surface area contributed by atoms with Crippen molar-refractivity contribution in [2.75, 3.05) is 0 Å². The van der Waals surface area contributed by atoms with Crippen LogP contribution >= 0.6 is 23.2 Å². The van der Waals surface area contributed by atoms with Gasteiger partial charge < -0.3 is 0 Å². The summed E-state index contributed by atoms with van der Waals surface area (Å²) in [6, 6.07) is 0. The van der Waals surface area contributed by atoms with Crippen molar-refractivity contribution in [1.29, 1.82) is 0 Å². The quantitative estimate of drug-likeness (QED) is 0.557. The Hall–Kier alpha value is -0.320. The second kappa shape index (κ2) is 4.04. The van der Waals surface area contributed by atoms with Gasteiger partial charge in [-0.25, -0.2) is 10.8 Å². The summed E-state index contributed by atoms with van der Waals surface area (Å²) < 4.78 is 0. The zero-order valence-corrected chi connectivity index (χ0v) is 9.17. The van der Waals surface area contributed by atoms with Crippen molar-refractivity contribution in [3.05, 3.63) is 0 Å². The maximum atomic E-state index is 5.82. The molecule has 0 bridgehead atoms. The second-order valence-corrected chi connectivity index (χ2v) is 4.32. The smallest absolute Gasteiger partial charge is 0.222 e. The number of hydrazine groups is 1. The summed E-state index contributed by atoms with van der Waals surface area (Å²) >= 11 is 11.6. The highest BCUT2D eigenvalue weighted by atomic mass is 35.5. The van der Waals surface area contributed by atoms with Crippen LogP contribution in [0.1, 0.15) is 25.7 Å².